The lowest BCUT2D eigenvalue weighted by atomic mass is 9.87. The lowest BCUT2D eigenvalue weighted by molar-refractivity contribution is 0.286. The number of fused-ring (bicyclic) bond motifs is 8. The van der Waals surface area contributed by atoms with Crippen molar-refractivity contribution in [3.05, 3.63) is 192 Å². The van der Waals surface area contributed by atoms with Gasteiger partial charge in [0.15, 0.2) is 10.2 Å². The van der Waals surface area contributed by atoms with Gasteiger partial charge in [-0.05, 0) is 165 Å². The number of ether oxygens (including phenoxy) is 4. The van der Waals surface area contributed by atoms with Gasteiger partial charge in [-0.3, -0.25) is 9.97 Å². The molecule has 0 unspecified atom stereocenters. The third-order valence-electron chi connectivity index (χ3n) is 13.9. The van der Waals surface area contributed by atoms with Gasteiger partial charge in [-0.1, -0.05) is 179 Å². The molecule has 0 radical (unpaired) electrons. The number of para-hydroxylation sites is 2. The number of nitrogens with one attached hydrogen (secondary N) is 4. The maximum absolute atomic E-state index is 7.21. The summed E-state index contributed by atoms with van der Waals surface area (Å²) in [6.07, 6.45) is 3.62. The van der Waals surface area contributed by atoms with Crippen molar-refractivity contribution in [3.63, 3.8) is 0 Å². The van der Waals surface area contributed by atoms with Crippen LogP contribution < -0.4 is 40.2 Å². The number of hydrogen-bond acceptors (Lipinski definition) is 12. The van der Waals surface area contributed by atoms with Crippen molar-refractivity contribution in [1.82, 2.24) is 20.6 Å². The molecule has 0 spiro atoms. The largest absolute Gasteiger partial charge is 0.489 e. The van der Waals surface area contributed by atoms with E-state index in [9.17, 15) is 0 Å². The number of hydrogen-bond donors (Lipinski definition) is 4. The molecule has 86 heavy (non-hydrogen) atoms. The summed E-state index contributed by atoms with van der Waals surface area (Å²) in [5, 5.41) is 14.5. The number of benzene rings is 6. The van der Waals surface area contributed by atoms with Crippen LogP contribution in [0.5, 0.6) is 23.0 Å². The molecule has 8 aromatic rings. The SMILES string of the molecule is CC(C)(C)c1cc2c(OCCNC(=S)Nc3ccccc3)c(c1)Sc1cc(C(C)(C)C)cc(c1OCc1ccccn1)Sc1cc(C(C)(C)C)cc(c1OCCNC(=S)Nc1ccccc1)Sc1cc(C(C)(C)C)cc(c1OCc1ccccn1)S2. The van der Waals surface area contributed by atoms with Crippen LogP contribution in [-0.2, 0) is 34.9 Å². The van der Waals surface area contributed by atoms with Crippen molar-refractivity contribution in [3.8, 4) is 23.0 Å². The predicted octanol–water partition coefficient (Wildman–Crippen LogP) is 18.5. The standard InChI is InChI=1S/C70H78N6O4S6/c1-67(2,3)45-35-53-61(77-33-31-73-65(81)75-49-23-15-13-16-24-49)54(36-45)84-58-40-48(70(10,11)12)42-60(64(58)80-44-52-28-20-22-30-72-52)86-56-38-46(68(4,5)6)37-55(62(56)78-34-32-74-66(82)76-50-25-17-14-18-26-50)85-59-41-47(69(7,8)9)39-57(83-53)63(59)79-43-51-27-19-21-29-71-51/h13-30,35-42H,31-34,43-44H2,1-12H3,(H2,73,75,81)(H2,74,76,82). The van der Waals surface area contributed by atoms with E-state index < -0.39 is 0 Å². The lowest BCUT2D eigenvalue weighted by Gasteiger charge is -2.28. The van der Waals surface area contributed by atoms with Gasteiger partial charge in [0.2, 0.25) is 0 Å². The van der Waals surface area contributed by atoms with E-state index in [1.54, 1.807) is 47.0 Å². The van der Waals surface area contributed by atoms with E-state index in [0.29, 0.717) is 36.5 Å². The van der Waals surface area contributed by atoms with Gasteiger partial charge in [0.05, 0.1) is 63.6 Å². The summed E-state index contributed by atoms with van der Waals surface area (Å²) in [4.78, 5) is 17.0. The lowest BCUT2D eigenvalue weighted by Crippen LogP contribution is -2.32. The van der Waals surface area contributed by atoms with E-state index in [-0.39, 0.29) is 34.9 Å². The minimum Gasteiger partial charge on any atom is -0.489 e. The summed E-state index contributed by atoms with van der Waals surface area (Å²) >= 11 is 18.3. The van der Waals surface area contributed by atoms with Gasteiger partial charge < -0.3 is 40.2 Å². The Bertz CT molecular complexity index is 3300. The van der Waals surface area contributed by atoms with Crippen LogP contribution in [0.4, 0.5) is 11.4 Å². The molecular formula is C70H78N6O4S6. The average Bonchev–Trinajstić information content (AvgIpc) is 1.35. The highest BCUT2D eigenvalue weighted by atomic mass is 32.2. The molecule has 0 amide bonds. The molecule has 3 heterocycles. The molecule has 6 aromatic carbocycles. The molecule has 0 saturated heterocycles. The molecular weight excluding hydrogens is 1180 g/mol. The van der Waals surface area contributed by atoms with Crippen molar-refractivity contribution in [2.45, 2.75) is 157 Å². The van der Waals surface area contributed by atoms with Gasteiger partial charge in [-0.2, -0.15) is 0 Å². The monoisotopic (exact) mass is 1260 g/mol. The minimum atomic E-state index is -0.263. The Morgan fingerprint density at radius 1 is 0.372 bits per heavy atom. The molecule has 0 atom stereocenters. The zero-order valence-electron chi connectivity index (χ0n) is 51.2. The van der Waals surface area contributed by atoms with Gasteiger partial charge >= 0.3 is 0 Å². The first-order chi connectivity index (χ1) is 40.9. The molecule has 4 N–H and O–H groups in total. The van der Waals surface area contributed by atoms with Gasteiger partial charge in [0, 0.05) is 23.8 Å². The molecule has 2 aromatic heterocycles. The summed E-state index contributed by atoms with van der Waals surface area (Å²) in [6, 6.07) is 50.1. The normalized spacial score (nSPS) is 12.6. The van der Waals surface area contributed by atoms with E-state index in [4.69, 9.17) is 53.4 Å². The predicted molar refractivity (Wildman–Crippen MR) is 367 cm³/mol. The maximum atomic E-state index is 7.21. The first kappa shape index (κ1) is 64.1. The first-order valence-corrected chi connectivity index (χ1v) is 33.0. The fourth-order valence-corrected chi connectivity index (χ4v) is 14.2. The third kappa shape index (κ3) is 17.4. The maximum Gasteiger partial charge on any atom is 0.170 e. The molecule has 8 bridgehead atoms. The van der Waals surface area contributed by atoms with E-state index in [0.717, 1.165) is 107 Å². The Balaban J connectivity index is 1.28. The molecule has 0 fully saturated rings. The summed E-state index contributed by atoms with van der Waals surface area (Å²) < 4.78 is 28.8. The van der Waals surface area contributed by atoms with Crippen LogP contribution >= 0.6 is 71.5 Å². The third-order valence-corrected chi connectivity index (χ3v) is 18.6. The quantitative estimate of drug-likeness (QED) is 0.0544. The summed E-state index contributed by atoms with van der Waals surface area (Å²) in [6.45, 7) is 29.2. The van der Waals surface area contributed by atoms with Crippen LogP contribution in [0, 0.1) is 0 Å². The molecule has 10 nitrogen and oxygen atoms in total. The summed E-state index contributed by atoms with van der Waals surface area (Å²) in [5.74, 6) is 2.95. The van der Waals surface area contributed by atoms with Crippen molar-refractivity contribution in [1.29, 1.82) is 0 Å². The Labute approximate surface area is 537 Å². The van der Waals surface area contributed by atoms with Crippen LogP contribution in [-0.4, -0.2) is 46.5 Å². The summed E-state index contributed by atoms with van der Waals surface area (Å²) in [7, 11) is 0. The zero-order chi connectivity index (χ0) is 61.2. The molecule has 0 aliphatic carbocycles. The Hall–Kier alpha value is -6.40. The van der Waals surface area contributed by atoms with Gasteiger partial charge in [0.1, 0.15) is 49.4 Å². The second-order valence-corrected chi connectivity index (χ2v) is 30.2. The number of nitrogens with zero attached hydrogens (tertiary/aromatic N) is 2. The second kappa shape index (κ2) is 28.2. The van der Waals surface area contributed by atoms with E-state index >= 15 is 0 Å². The van der Waals surface area contributed by atoms with Crippen molar-refractivity contribution < 1.29 is 18.9 Å². The Morgan fingerprint density at radius 2 is 0.640 bits per heavy atom. The number of aromatic nitrogens is 2. The number of pyridine rings is 2. The van der Waals surface area contributed by atoms with Crippen LogP contribution in [0.25, 0.3) is 0 Å². The fraction of sp³-hybridized carbons (Fsp3) is 0.314. The average molecular weight is 1260 g/mol. The first-order valence-electron chi connectivity index (χ1n) is 28.9. The van der Waals surface area contributed by atoms with Crippen LogP contribution in [0.15, 0.2) is 197 Å². The molecule has 1 aliphatic heterocycles. The van der Waals surface area contributed by atoms with Crippen molar-refractivity contribution >= 4 is 93.1 Å². The fourth-order valence-electron chi connectivity index (χ4n) is 8.98. The van der Waals surface area contributed by atoms with Crippen molar-refractivity contribution in [2.24, 2.45) is 0 Å². The zero-order valence-corrected chi connectivity index (χ0v) is 56.1. The number of thiocarbonyl (C=S) groups is 2. The van der Waals surface area contributed by atoms with Crippen LogP contribution in [0.2, 0.25) is 0 Å². The van der Waals surface area contributed by atoms with Crippen molar-refractivity contribution in [2.75, 3.05) is 36.9 Å². The van der Waals surface area contributed by atoms with Crippen LogP contribution in [0.3, 0.4) is 0 Å². The second-order valence-electron chi connectivity index (χ2n) is 25.0. The highest BCUT2D eigenvalue weighted by Gasteiger charge is 2.31. The highest BCUT2D eigenvalue weighted by Crippen LogP contribution is 2.56. The highest BCUT2D eigenvalue weighted by molar-refractivity contribution is 8.01. The van der Waals surface area contributed by atoms with E-state index in [1.807, 2.05) is 109 Å². The minimum absolute atomic E-state index is 0.243. The van der Waals surface area contributed by atoms with Gasteiger partial charge in [-0.15, -0.1) is 0 Å². The van der Waals surface area contributed by atoms with Gasteiger partial charge in [0.25, 0.3) is 0 Å². The number of anilines is 2. The van der Waals surface area contributed by atoms with E-state index in [1.165, 1.54) is 0 Å². The van der Waals surface area contributed by atoms with Crippen LogP contribution in [0.1, 0.15) is 117 Å². The summed E-state index contributed by atoms with van der Waals surface area (Å²) in [5.41, 5.74) is 6.98. The smallest absolute Gasteiger partial charge is 0.170 e. The molecule has 448 valence electrons. The molecule has 0 saturated carbocycles. The van der Waals surface area contributed by atoms with Gasteiger partial charge in [-0.25, -0.2) is 0 Å². The molecule has 1 aliphatic rings. The number of rotatable bonds is 16. The Kier molecular flexibility index (Phi) is 21.0. The topological polar surface area (TPSA) is 111 Å². The molecule has 16 heteroatoms. The van der Waals surface area contributed by atoms with E-state index in [2.05, 4.69) is 153 Å². The Morgan fingerprint density at radius 3 is 0.895 bits per heavy atom. The molecule has 9 rings (SSSR count).